The number of nitrogens with zero attached hydrogens (tertiary/aromatic N) is 1. The lowest BCUT2D eigenvalue weighted by Crippen LogP contribution is -2.36. The lowest BCUT2D eigenvalue weighted by molar-refractivity contribution is 0.0211. The van der Waals surface area contributed by atoms with E-state index >= 15 is 0 Å². The molecule has 1 aliphatic heterocycles. The van der Waals surface area contributed by atoms with E-state index in [1.165, 1.54) is 0 Å². The molecule has 0 spiro atoms. The van der Waals surface area contributed by atoms with Crippen molar-refractivity contribution in [3.63, 3.8) is 0 Å². The van der Waals surface area contributed by atoms with Crippen LogP contribution in [0.5, 0.6) is 0 Å². The van der Waals surface area contributed by atoms with Crippen LogP contribution in [-0.4, -0.2) is 46.3 Å². The van der Waals surface area contributed by atoms with Gasteiger partial charge in [0.25, 0.3) is 0 Å². The van der Waals surface area contributed by atoms with Crippen LogP contribution >= 0.6 is 22.6 Å². The van der Waals surface area contributed by atoms with Crippen LogP contribution in [0.2, 0.25) is 0 Å². The van der Waals surface area contributed by atoms with Crippen LogP contribution in [0.15, 0.2) is 0 Å². The summed E-state index contributed by atoms with van der Waals surface area (Å²) in [6.45, 7) is 9.95. The second kappa shape index (κ2) is 6.93. The number of ether oxygens (including phenoxy) is 2. The molecule has 106 valence electrons. The van der Waals surface area contributed by atoms with Gasteiger partial charge in [0.05, 0.1) is 16.6 Å². The van der Waals surface area contributed by atoms with E-state index < -0.39 is 5.60 Å². The molecular formula is C13H24INO3. The topological polar surface area (TPSA) is 38.8 Å². The Hall–Kier alpha value is -0.0400. The summed E-state index contributed by atoms with van der Waals surface area (Å²) in [4.78, 5) is 13.7. The van der Waals surface area contributed by atoms with Crippen molar-refractivity contribution < 1.29 is 14.3 Å². The fourth-order valence-electron chi connectivity index (χ4n) is 1.75. The number of carbonyl (C=O) groups excluding carboxylic acids is 1. The number of likely N-dealkylation sites (tertiary alicyclic amines) is 1. The number of rotatable bonds is 4. The van der Waals surface area contributed by atoms with Crippen LogP contribution in [0.4, 0.5) is 4.79 Å². The molecule has 1 rings (SSSR count). The van der Waals surface area contributed by atoms with Crippen molar-refractivity contribution in [3.8, 4) is 0 Å². The number of alkyl halides is 1. The van der Waals surface area contributed by atoms with E-state index in [0.29, 0.717) is 17.0 Å². The fourth-order valence-corrected chi connectivity index (χ4v) is 2.66. The number of amides is 1. The maximum absolute atomic E-state index is 11.9. The van der Waals surface area contributed by atoms with Gasteiger partial charge in [0.1, 0.15) is 5.60 Å². The summed E-state index contributed by atoms with van der Waals surface area (Å²) in [6.07, 6.45) is 2.12. The van der Waals surface area contributed by atoms with E-state index in [-0.39, 0.29) is 12.2 Å². The van der Waals surface area contributed by atoms with Crippen molar-refractivity contribution in [2.45, 2.75) is 56.2 Å². The Morgan fingerprint density at radius 2 is 2.06 bits per heavy atom. The lowest BCUT2D eigenvalue weighted by Gasteiger charge is -2.24. The Morgan fingerprint density at radius 3 is 2.61 bits per heavy atom. The Kier molecular flexibility index (Phi) is 6.17. The molecule has 0 bridgehead atoms. The zero-order chi connectivity index (χ0) is 13.8. The van der Waals surface area contributed by atoms with Crippen molar-refractivity contribution in [3.05, 3.63) is 0 Å². The number of hydrogen-bond acceptors (Lipinski definition) is 3. The monoisotopic (exact) mass is 369 g/mol. The molecule has 0 saturated carbocycles. The first-order valence-electron chi connectivity index (χ1n) is 6.57. The molecule has 0 aromatic heterocycles. The molecule has 1 heterocycles. The molecule has 2 atom stereocenters. The molecule has 0 aromatic rings. The summed E-state index contributed by atoms with van der Waals surface area (Å²) in [5.41, 5.74) is -0.432. The van der Waals surface area contributed by atoms with Crippen molar-refractivity contribution in [2.24, 2.45) is 0 Å². The second-order valence-corrected chi connectivity index (χ2v) is 7.26. The molecule has 1 fully saturated rings. The first kappa shape index (κ1) is 16.0. The van der Waals surface area contributed by atoms with Gasteiger partial charge in [-0.3, -0.25) is 0 Å². The summed E-state index contributed by atoms with van der Waals surface area (Å²) in [5.74, 6) is 0. The summed E-state index contributed by atoms with van der Waals surface area (Å²) < 4.78 is 11.5. The average molecular weight is 369 g/mol. The molecule has 1 saturated heterocycles. The van der Waals surface area contributed by atoms with E-state index in [1.54, 1.807) is 4.90 Å². The smallest absolute Gasteiger partial charge is 0.410 e. The van der Waals surface area contributed by atoms with E-state index in [9.17, 15) is 4.79 Å². The first-order valence-corrected chi connectivity index (χ1v) is 7.81. The molecule has 5 heteroatoms. The first-order chi connectivity index (χ1) is 8.33. The van der Waals surface area contributed by atoms with Crippen LogP contribution in [0.3, 0.4) is 0 Å². The van der Waals surface area contributed by atoms with Gasteiger partial charge in [-0.25, -0.2) is 4.79 Å². The summed E-state index contributed by atoms with van der Waals surface area (Å²) >= 11 is 2.36. The minimum Gasteiger partial charge on any atom is -0.444 e. The predicted octanol–water partition coefficient (Wildman–Crippen LogP) is 3.23. The highest BCUT2D eigenvalue weighted by molar-refractivity contribution is 14.1. The zero-order valence-corrected chi connectivity index (χ0v) is 13.9. The SMILES string of the molecule is CCCCOC1CN(C(=O)OC(C)(C)C)CC1I. The van der Waals surface area contributed by atoms with Crippen LogP contribution in [0.25, 0.3) is 0 Å². The quantitative estimate of drug-likeness (QED) is 0.434. The number of hydrogen-bond donors (Lipinski definition) is 0. The summed E-state index contributed by atoms with van der Waals surface area (Å²) in [5, 5.41) is 0. The highest BCUT2D eigenvalue weighted by Gasteiger charge is 2.36. The molecule has 0 aromatic carbocycles. The molecule has 18 heavy (non-hydrogen) atoms. The van der Waals surface area contributed by atoms with Gasteiger partial charge >= 0.3 is 6.09 Å². The third-order valence-electron chi connectivity index (χ3n) is 2.68. The Labute approximate surface area is 124 Å². The van der Waals surface area contributed by atoms with Gasteiger partial charge in [-0.1, -0.05) is 35.9 Å². The van der Waals surface area contributed by atoms with Gasteiger partial charge in [0.15, 0.2) is 0 Å². The van der Waals surface area contributed by atoms with Gasteiger partial charge in [-0.15, -0.1) is 0 Å². The molecule has 1 amide bonds. The minimum atomic E-state index is -0.432. The average Bonchev–Trinajstić information content (AvgIpc) is 2.58. The standard InChI is InChI=1S/C13H24INO3/c1-5-6-7-17-11-9-15(8-10(11)14)12(16)18-13(2,3)4/h10-11H,5-9H2,1-4H3. The molecule has 0 N–H and O–H groups in total. The van der Waals surface area contributed by atoms with Crippen molar-refractivity contribution in [1.82, 2.24) is 4.90 Å². The molecule has 4 nitrogen and oxygen atoms in total. The van der Waals surface area contributed by atoms with Crippen LogP contribution in [0.1, 0.15) is 40.5 Å². The molecule has 2 unspecified atom stereocenters. The van der Waals surface area contributed by atoms with Gasteiger partial charge in [0, 0.05) is 13.2 Å². The molecule has 0 radical (unpaired) electrons. The molecule has 1 aliphatic rings. The number of carbonyl (C=O) groups is 1. The predicted molar refractivity (Wildman–Crippen MR) is 80.3 cm³/mol. The van der Waals surface area contributed by atoms with E-state index in [0.717, 1.165) is 19.4 Å². The molecule has 0 aliphatic carbocycles. The highest BCUT2D eigenvalue weighted by atomic mass is 127. The lowest BCUT2D eigenvalue weighted by atomic mass is 10.2. The fraction of sp³-hybridized carbons (Fsp3) is 0.923. The van der Waals surface area contributed by atoms with Gasteiger partial charge in [-0.05, 0) is 27.2 Å². The van der Waals surface area contributed by atoms with Gasteiger partial charge < -0.3 is 14.4 Å². The molecular weight excluding hydrogens is 345 g/mol. The Morgan fingerprint density at radius 1 is 1.39 bits per heavy atom. The van der Waals surface area contributed by atoms with Crippen molar-refractivity contribution >= 4 is 28.7 Å². The Balaban J connectivity index is 2.40. The third-order valence-corrected chi connectivity index (χ3v) is 3.88. The highest BCUT2D eigenvalue weighted by Crippen LogP contribution is 2.23. The maximum atomic E-state index is 11.9. The maximum Gasteiger partial charge on any atom is 0.410 e. The third kappa shape index (κ3) is 5.30. The number of halogens is 1. The van der Waals surface area contributed by atoms with Crippen molar-refractivity contribution in [2.75, 3.05) is 19.7 Å². The van der Waals surface area contributed by atoms with E-state index in [4.69, 9.17) is 9.47 Å². The summed E-state index contributed by atoms with van der Waals surface area (Å²) in [6, 6.07) is 0. The number of unbranched alkanes of at least 4 members (excludes halogenated alkanes) is 1. The van der Waals surface area contributed by atoms with Gasteiger partial charge in [-0.2, -0.15) is 0 Å². The minimum absolute atomic E-state index is 0.143. The largest absolute Gasteiger partial charge is 0.444 e. The van der Waals surface area contributed by atoms with Crippen LogP contribution in [0, 0.1) is 0 Å². The normalized spacial score (nSPS) is 24.4. The second-order valence-electron chi connectivity index (χ2n) is 5.66. The van der Waals surface area contributed by atoms with Crippen LogP contribution in [-0.2, 0) is 9.47 Å². The van der Waals surface area contributed by atoms with E-state index in [1.807, 2.05) is 20.8 Å². The van der Waals surface area contributed by atoms with Crippen LogP contribution < -0.4 is 0 Å². The Bertz CT molecular complexity index is 278. The van der Waals surface area contributed by atoms with Gasteiger partial charge in [0.2, 0.25) is 0 Å². The van der Waals surface area contributed by atoms with E-state index in [2.05, 4.69) is 29.5 Å². The van der Waals surface area contributed by atoms with Crippen molar-refractivity contribution in [1.29, 1.82) is 0 Å². The summed E-state index contributed by atoms with van der Waals surface area (Å²) in [7, 11) is 0. The zero-order valence-electron chi connectivity index (χ0n) is 11.7.